The topological polar surface area (TPSA) is 30.5 Å². The van der Waals surface area contributed by atoms with Crippen LogP contribution in [0.5, 0.6) is 0 Å². The molecule has 3 nitrogen and oxygen atoms in total. The van der Waals surface area contributed by atoms with Gasteiger partial charge in [0.25, 0.3) is 0 Å². The Labute approximate surface area is 99.9 Å². The van der Waals surface area contributed by atoms with Crippen LogP contribution in [0.2, 0.25) is 0 Å². The molecule has 2 atom stereocenters. The molecule has 0 aromatic rings. The van der Waals surface area contributed by atoms with Crippen molar-refractivity contribution in [2.75, 3.05) is 19.7 Å². The molecule has 1 saturated heterocycles. The van der Waals surface area contributed by atoms with Crippen LogP contribution in [-0.2, 0) is 9.47 Å². The van der Waals surface area contributed by atoms with Crippen LogP contribution in [0, 0.1) is 0 Å². The maximum atomic E-state index is 5.92. The van der Waals surface area contributed by atoms with Gasteiger partial charge in [-0.2, -0.15) is 0 Å². The number of likely N-dealkylation sites (N-methyl/N-ethyl adjacent to an activating group) is 1. The smallest absolute Gasteiger partial charge is 0.0814 e. The molecule has 1 heterocycles. The summed E-state index contributed by atoms with van der Waals surface area (Å²) in [7, 11) is 0. The van der Waals surface area contributed by atoms with E-state index in [0.29, 0.717) is 12.2 Å². The first-order valence-electron chi connectivity index (χ1n) is 6.57. The maximum absolute atomic E-state index is 5.92. The average molecular weight is 229 g/mol. The minimum absolute atomic E-state index is 0.0108. The summed E-state index contributed by atoms with van der Waals surface area (Å²) in [6.45, 7) is 11.3. The lowest BCUT2D eigenvalue weighted by molar-refractivity contribution is -0.0780. The molecule has 1 rings (SSSR count). The molecule has 0 radical (unpaired) electrons. The SMILES string of the molecule is CCNCC1CCC(COC(C)(C)CC)O1. The van der Waals surface area contributed by atoms with Crippen LogP contribution < -0.4 is 5.32 Å². The number of hydrogen-bond acceptors (Lipinski definition) is 3. The minimum Gasteiger partial charge on any atom is -0.373 e. The van der Waals surface area contributed by atoms with E-state index in [1.165, 1.54) is 0 Å². The summed E-state index contributed by atoms with van der Waals surface area (Å²) in [5, 5.41) is 3.33. The van der Waals surface area contributed by atoms with Crippen LogP contribution in [0.1, 0.15) is 47.0 Å². The van der Waals surface area contributed by atoms with Crippen molar-refractivity contribution in [1.82, 2.24) is 5.32 Å². The van der Waals surface area contributed by atoms with Crippen LogP contribution >= 0.6 is 0 Å². The molecule has 16 heavy (non-hydrogen) atoms. The number of hydrogen-bond donors (Lipinski definition) is 1. The Hall–Kier alpha value is -0.120. The fourth-order valence-electron chi connectivity index (χ4n) is 1.78. The van der Waals surface area contributed by atoms with E-state index < -0.39 is 0 Å². The third kappa shape index (κ3) is 4.81. The Morgan fingerprint density at radius 2 is 1.94 bits per heavy atom. The van der Waals surface area contributed by atoms with E-state index in [9.17, 15) is 0 Å². The third-order valence-electron chi connectivity index (χ3n) is 3.33. The molecule has 0 spiro atoms. The van der Waals surface area contributed by atoms with E-state index in [4.69, 9.17) is 9.47 Å². The molecule has 96 valence electrons. The highest BCUT2D eigenvalue weighted by atomic mass is 16.6. The van der Waals surface area contributed by atoms with Gasteiger partial charge in [-0.3, -0.25) is 0 Å². The lowest BCUT2D eigenvalue weighted by Gasteiger charge is -2.25. The summed E-state index contributed by atoms with van der Waals surface area (Å²) in [5.74, 6) is 0. The molecular weight excluding hydrogens is 202 g/mol. The first-order valence-corrected chi connectivity index (χ1v) is 6.57. The molecule has 0 amide bonds. The zero-order valence-electron chi connectivity index (χ0n) is 11.2. The number of ether oxygens (including phenoxy) is 2. The summed E-state index contributed by atoms with van der Waals surface area (Å²) in [4.78, 5) is 0. The monoisotopic (exact) mass is 229 g/mol. The highest BCUT2D eigenvalue weighted by Gasteiger charge is 2.27. The molecule has 0 aromatic heterocycles. The zero-order chi connectivity index (χ0) is 12.0. The first-order chi connectivity index (χ1) is 7.57. The van der Waals surface area contributed by atoms with Crippen molar-refractivity contribution in [2.45, 2.75) is 64.8 Å². The molecule has 3 heteroatoms. The van der Waals surface area contributed by atoms with Gasteiger partial charge in [0.15, 0.2) is 0 Å². The van der Waals surface area contributed by atoms with E-state index >= 15 is 0 Å². The van der Waals surface area contributed by atoms with Gasteiger partial charge in [0, 0.05) is 6.54 Å². The van der Waals surface area contributed by atoms with E-state index in [-0.39, 0.29) is 5.60 Å². The van der Waals surface area contributed by atoms with Gasteiger partial charge in [0.1, 0.15) is 0 Å². The van der Waals surface area contributed by atoms with Gasteiger partial charge >= 0.3 is 0 Å². The second-order valence-electron chi connectivity index (χ2n) is 5.19. The van der Waals surface area contributed by atoms with Crippen molar-refractivity contribution in [1.29, 1.82) is 0 Å². The van der Waals surface area contributed by atoms with Crippen LogP contribution in [-0.4, -0.2) is 37.5 Å². The quantitative estimate of drug-likeness (QED) is 0.727. The van der Waals surface area contributed by atoms with Crippen molar-refractivity contribution in [3.8, 4) is 0 Å². The van der Waals surface area contributed by atoms with Crippen LogP contribution in [0.3, 0.4) is 0 Å². The van der Waals surface area contributed by atoms with E-state index in [2.05, 4.69) is 33.0 Å². The zero-order valence-corrected chi connectivity index (χ0v) is 11.2. The molecule has 2 unspecified atom stereocenters. The van der Waals surface area contributed by atoms with E-state index in [0.717, 1.165) is 39.0 Å². The Morgan fingerprint density at radius 3 is 2.56 bits per heavy atom. The second kappa shape index (κ2) is 6.58. The van der Waals surface area contributed by atoms with Crippen LogP contribution in [0.25, 0.3) is 0 Å². The molecule has 1 aliphatic heterocycles. The summed E-state index contributed by atoms with van der Waals surface area (Å²) in [5.41, 5.74) is -0.0108. The Morgan fingerprint density at radius 1 is 1.25 bits per heavy atom. The molecule has 0 saturated carbocycles. The molecule has 1 aliphatic rings. The number of rotatable bonds is 7. The maximum Gasteiger partial charge on any atom is 0.0814 e. The van der Waals surface area contributed by atoms with Crippen molar-refractivity contribution in [3.05, 3.63) is 0 Å². The van der Waals surface area contributed by atoms with Gasteiger partial charge in [-0.15, -0.1) is 0 Å². The largest absolute Gasteiger partial charge is 0.373 e. The van der Waals surface area contributed by atoms with Gasteiger partial charge in [-0.25, -0.2) is 0 Å². The van der Waals surface area contributed by atoms with Gasteiger partial charge in [0.2, 0.25) is 0 Å². The molecular formula is C13H27NO2. The highest BCUT2D eigenvalue weighted by molar-refractivity contribution is 4.76. The summed E-state index contributed by atoms with van der Waals surface area (Å²) >= 11 is 0. The lowest BCUT2D eigenvalue weighted by Crippen LogP contribution is -2.30. The number of nitrogens with one attached hydrogen (secondary N) is 1. The Bertz CT molecular complexity index is 194. The second-order valence-corrected chi connectivity index (χ2v) is 5.19. The van der Waals surface area contributed by atoms with Crippen LogP contribution in [0.15, 0.2) is 0 Å². The molecule has 0 bridgehead atoms. The highest BCUT2D eigenvalue weighted by Crippen LogP contribution is 2.22. The van der Waals surface area contributed by atoms with Crippen molar-refractivity contribution in [3.63, 3.8) is 0 Å². The Balaban J connectivity index is 2.16. The summed E-state index contributed by atoms with van der Waals surface area (Å²) < 4.78 is 11.8. The summed E-state index contributed by atoms with van der Waals surface area (Å²) in [6, 6.07) is 0. The van der Waals surface area contributed by atoms with Gasteiger partial charge in [0.05, 0.1) is 24.4 Å². The lowest BCUT2D eigenvalue weighted by atomic mass is 10.1. The molecule has 0 aromatic carbocycles. The first kappa shape index (κ1) is 13.9. The molecule has 0 aliphatic carbocycles. The molecule has 1 fully saturated rings. The predicted molar refractivity (Wildman–Crippen MR) is 66.8 cm³/mol. The van der Waals surface area contributed by atoms with Gasteiger partial charge in [-0.05, 0) is 39.7 Å². The normalized spacial score (nSPS) is 26.2. The minimum atomic E-state index is -0.0108. The van der Waals surface area contributed by atoms with Crippen molar-refractivity contribution < 1.29 is 9.47 Å². The van der Waals surface area contributed by atoms with Crippen LogP contribution in [0.4, 0.5) is 0 Å². The van der Waals surface area contributed by atoms with E-state index in [1.807, 2.05) is 0 Å². The predicted octanol–water partition coefficient (Wildman–Crippen LogP) is 2.35. The third-order valence-corrected chi connectivity index (χ3v) is 3.33. The fraction of sp³-hybridized carbons (Fsp3) is 1.00. The molecule has 1 N–H and O–H groups in total. The van der Waals surface area contributed by atoms with Crippen molar-refractivity contribution >= 4 is 0 Å². The van der Waals surface area contributed by atoms with E-state index in [1.54, 1.807) is 0 Å². The fourth-order valence-corrected chi connectivity index (χ4v) is 1.78. The van der Waals surface area contributed by atoms with Gasteiger partial charge in [-0.1, -0.05) is 13.8 Å². The van der Waals surface area contributed by atoms with Crippen molar-refractivity contribution in [2.24, 2.45) is 0 Å². The Kier molecular flexibility index (Phi) is 5.73. The average Bonchev–Trinajstić information content (AvgIpc) is 2.72. The van der Waals surface area contributed by atoms with Gasteiger partial charge < -0.3 is 14.8 Å². The standard InChI is InChI=1S/C13H27NO2/c1-5-13(3,4)15-10-12-8-7-11(16-12)9-14-6-2/h11-12,14H,5-10H2,1-4H3. The summed E-state index contributed by atoms with van der Waals surface area (Å²) in [6.07, 6.45) is 4.03.